The van der Waals surface area contributed by atoms with E-state index < -0.39 is 0 Å². The number of rotatable bonds is 4. The van der Waals surface area contributed by atoms with E-state index in [0.717, 1.165) is 42.1 Å². The van der Waals surface area contributed by atoms with Crippen LogP contribution in [0.1, 0.15) is 24.5 Å². The van der Waals surface area contributed by atoms with Crippen molar-refractivity contribution in [3.05, 3.63) is 28.5 Å². The van der Waals surface area contributed by atoms with Gasteiger partial charge in [0.05, 0.1) is 4.47 Å². The van der Waals surface area contributed by atoms with Gasteiger partial charge in [0.2, 0.25) is 5.95 Å². The van der Waals surface area contributed by atoms with E-state index in [-0.39, 0.29) is 0 Å². The Hall–Kier alpha value is -1.50. The summed E-state index contributed by atoms with van der Waals surface area (Å²) in [5.41, 5.74) is 0. The van der Waals surface area contributed by atoms with Gasteiger partial charge in [-0.2, -0.15) is 0 Å². The number of nitrogens with zero attached hydrogens (tertiary/aromatic N) is 5. The Labute approximate surface area is 119 Å². The molecule has 100 valence electrons. The van der Waals surface area contributed by atoms with Crippen LogP contribution in [0.4, 0.5) is 5.95 Å². The van der Waals surface area contributed by atoms with Crippen molar-refractivity contribution in [3.8, 4) is 0 Å². The van der Waals surface area contributed by atoms with E-state index in [1.54, 1.807) is 12.4 Å². The molecule has 0 saturated heterocycles. The summed E-state index contributed by atoms with van der Waals surface area (Å²) in [6.45, 7) is 1.81. The number of fused-ring (bicyclic) bond motifs is 1. The molecule has 0 unspecified atom stereocenters. The summed E-state index contributed by atoms with van der Waals surface area (Å²) in [4.78, 5) is 8.35. The highest BCUT2D eigenvalue weighted by molar-refractivity contribution is 9.10. The second-order valence-corrected chi connectivity index (χ2v) is 5.46. The van der Waals surface area contributed by atoms with Crippen molar-refractivity contribution in [2.75, 3.05) is 11.9 Å². The van der Waals surface area contributed by atoms with Crippen LogP contribution in [0.25, 0.3) is 0 Å². The van der Waals surface area contributed by atoms with Crippen molar-refractivity contribution >= 4 is 21.9 Å². The number of aromatic nitrogens is 5. The third-order valence-electron chi connectivity index (χ3n) is 3.19. The normalized spacial score (nSPS) is 14.2. The van der Waals surface area contributed by atoms with Crippen LogP contribution in [0, 0.1) is 0 Å². The molecule has 1 aliphatic rings. The molecule has 0 fully saturated rings. The van der Waals surface area contributed by atoms with Gasteiger partial charge in [-0.15, -0.1) is 10.2 Å². The first-order chi connectivity index (χ1) is 9.33. The number of hydrogen-bond donors (Lipinski definition) is 1. The van der Waals surface area contributed by atoms with Gasteiger partial charge in [0.1, 0.15) is 11.6 Å². The minimum atomic E-state index is 0.640. The van der Waals surface area contributed by atoms with Gasteiger partial charge >= 0.3 is 0 Å². The summed E-state index contributed by atoms with van der Waals surface area (Å²) < 4.78 is 3.12. The average Bonchev–Trinajstić information content (AvgIpc) is 2.85. The van der Waals surface area contributed by atoms with E-state index in [1.165, 1.54) is 12.8 Å². The second kappa shape index (κ2) is 5.64. The Morgan fingerprint density at radius 3 is 2.89 bits per heavy atom. The molecule has 0 atom stereocenters. The molecular weight excluding hydrogens is 308 g/mol. The fraction of sp³-hybridized carbons (Fsp3) is 0.500. The standard InChI is InChI=1S/C12H15BrN6/c13-9-7-15-12(16-8-9)14-5-4-11-18-17-10-3-1-2-6-19(10)11/h7-8H,1-6H2,(H,14,15,16). The predicted molar refractivity (Wildman–Crippen MR) is 74.9 cm³/mol. The van der Waals surface area contributed by atoms with Crippen LogP contribution in [0.5, 0.6) is 0 Å². The van der Waals surface area contributed by atoms with Crippen molar-refractivity contribution in [1.29, 1.82) is 0 Å². The number of anilines is 1. The average molecular weight is 323 g/mol. The molecule has 6 nitrogen and oxygen atoms in total. The van der Waals surface area contributed by atoms with Gasteiger partial charge in [0.15, 0.2) is 0 Å². The third kappa shape index (κ3) is 2.91. The molecule has 0 aromatic carbocycles. The maximum absolute atomic E-state index is 4.27. The molecule has 0 amide bonds. The molecule has 3 heterocycles. The van der Waals surface area contributed by atoms with E-state index in [1.807, 2.05) is 0 Å². The van der Waals surface area contributed by atoms with Gasteiger partial charge < -0.3 is 9.88 Å². The zero-order valence-electron chi connectivity index (χ0n) is 10.5. The van der Waals surface area contributed by atoms with E-state index in [0.29, 0.717) is 5.95 Å². The molecule has 0 aliphatic carbocycles. The SMILES string of the molecule is Brc1cnc(NCCc2nnc3n2CCCC3)nc1. The van der Waals surface area contributed by atoms with Crippen LogP contribution < -0.4 is 5.32 Å². The van der Waals surface area contributed by atoms with Gasteiger partial charge in [0.25, 0.3) is 0 Å². The lowest BCUT2D eigenvalue weighted by Crippen LogP contribution is -2.16. The van der Waals surface area contributed by atoms with Crippen LogP contribution in [-0.4, -0.2) is 31.3 Å². The third-order valence-corrected chi connectivity index (χ3v) is 3.60. The molecule has 0 bridgehead atoms. The largest absolute Gasteiger partial charge is 0.354 e. The highest BCUT2D eigenvalue weighted by Gasteiger charge is 2.15. The first-order valence-electron chi connectivity index (χ1n) is 6.45. The smallest absolute Gasteiger partial charge is 0.222 e. The van der Waals surface area contributed by atoms with E-state index >= 15 is 0 Å². The number of halogens is 1. The Balaban J connectivity index is 1.57. The maximum Gasteiger partial charge on any atom is 0.222 e. The van der Waals surface area contributed by atoms with E-state index in [9.17, 15) is 0 Å². The van der Waals surface area contributed by atoms with Crippen molar-refractivity contribution in [2.24, 2.45) is 0 Å². The van der Waals surface area contributed by atoms with Gasteiger partial charge in [-0.3, -0.25) is 0 Å². The number of nitrogens with one attached hydrogen (secondary N) is 1. The Morgan fingerprint density at radius 2 is 2.05 bits per heavy atom. The highest BCUT2D eigenvalue weighted by atomic mass is 79.9. The van der Waals surface area contributed by atoms with Crippen molar-refractivity contribution in [3.63, 3.8) is 0 Å². The van der Waals surface area contributed by atoms with Crippen LogP contribution >= 0.6 is 15.9 Å². The maximum atomic E-state index is 4.27. The molecule has 0 saturated carbocycles. The number of aryl methyl sites for hydroxylation is 1. The van der Waals surface area contributed by atoms with Crippen molar-refractivity contribution in [2.45, 2.75) is 32.2 Å². The lowest BCUT2D eigenvalue weighted by atomic mass is 10.1. The van der Waals surface area contributed by atoms with Crippen molar-refractivity contribution < 1.29 is 0 Å². The zero-order valence-corrected chi connectivity index (χ0v) is 12.1. The molecule has 1 N–H and O–H groups in total. The van der Waals surface area contributed by atoms with E-state index in [4.69, 9.17) is 0 Å². The molecule has 1 aliphatic heterocycles. The van der Waals surface area contributed by atoms with Crippen LogP contribution in [0.3, 0.4) is 0 Å². The van der Waals surface area contributed by atoms with Crippen LogP contribution in [0.2, 0.25) is 0 Å². The minimum Gasteiger partial charge on any atom is -0.354 e. The second-order valence-electron chi connectivity index (χ2n) is 4.54. The Bertz CT molecular complexity index is 550. The van der Waals surface area contributed by atoms with Crippen LogP contribution in [-0.2, 0) is 19.4 Å². The highest BCUT2D eigenvalue weighted by Crippen LogP contribution is 2.14. The fourth-order valence-corrected chi connectivity index (χ4v) is 2.45. The summed E-state index contributed by atoms with van der Waals surface area (Å²) in [5, 5.41) is 11.7. The molecule has 19 heavy (non-hydrogen) atoms. The lowest BCUT2D eigenvalue weighted by Gasteiger charge is -2.14. The predicted octanol–water partition coefficient (Wildman–Crippen LogP) is 1.82. The summed E-state index contributed by atoms with van der Waals surface area (Å²) in [7, 11) is 0. The summed E-state index contributed by atoms with van der Waals surface area (Å²) in [6.07, 6.45) is 7.80. The molecule has 2 aromatic heterocycles. The Kier molecular flexibility index (Phi) is 3.72. The van der Waals surface area contributed by atoms with Gasteiger partial charge in [-0.05, 0) is 28.8 Å². The first-order valence-corrected chi connectivity index (χ1v) is 7.24. The monoisotopic (exact) mass is 322 g/mol. The first kappa shape index (κ1) is 12.5. The molecular formula is C12H15BrN6. The molecule has 7 heteroatoms. The lowest BCUT2D eigenvalue weighted by molar-refractivity contribution is 0.508. The topological polar surface area (TPSA) is 68.5 Å². The van der Waals surface area contributed by atoms with Gasteiger partial charge in [0, 0.05) is 38.3 Å². The van der Waals surface area contributed by atoms with Crippen LogP contribution in [0.15, 0.2) is 16.9 Å². The Morgan fingerprint density at radius 1 is 1.21 bits per heavy atom. The fourth-order valence-electron chi connectivity index (χ4n) is 2.24. The summed E-state index contributed by atoms with van der Waals surface area (Å²) in [5.74, 6) is 2.82. The summed E-state index contributed by atoms with van der Waals surface area (Å²) >= 11 is 3.31. The minimum absolute atomic E-state index is 0.640. The zero-order chi connectivity index (χ0) is 13.1. The summed E-state index contributed by atoms with van der Waals surface area (Å²) in [6, 6.07) is 0. The van der Waals surface area contributed by atoms with E-state index in [2.05, 4.69) is 46.0 Å². The molecule has 3 rings (SSSR count). The van der Waals surface area contributed by atoms with Gasteiger partial charge in [-0.1, -0.05) is 0 Å². The van der Waals surface area contributed by atoms with Gasteiger partial charge in [-0.25, -0.2) is 9.97 Å². The molecule has 2 aromatic rings. The molecule has 0 spiro atoms. The quantitative estimate of drug-likeness (QED) is 0.929. The van der Waals surface area contributed by atoms with Crippen molar-refractivity contribution in [1.82, 2.24) is 24.7 Å². The molecule has 0 radical (unpaired) electrons. The number of hydrogen-bond acceptors (Lipinski definition) is 5.